The molecule has 0 aromatic heterocycles. The molecule has 11 heteroatoms. The lowest BCUT2D eigenvalue weighted by molar-refractivity contribution is -0.114. The second-order valence-corrected chi connectivity index (χ2v) is 8.03. The topological polar surface area (TPSA) is 75.3 Å². The lowest BCUT2D eigenvalue weighted by Gasteiger charge is -2.11. The molecule has 0 spiro atoms. The number of hydrogen-bond acceptors (Lipinski definition) is 4. The normalized spacial score (nSPS) is 11.8. The van der Waals surface area contributed by atoms with E-state index < -0.39 is 39.0 Å². The average molecular weight is 425 g/mol. The van der Waals surface area contributed by atoms with Gasteiger partial charge in [0.2, 0.25) is 5.91 Å². The summed E-state index contributed by atoms with van der Waals surface area (Å²) in [5, 5.41) is 2.42. The van der Waals surface area contributed by atoms with Crippen molar-refractivity contribution in [2.24, 2.45) is 0 Å². The summed E-state index contributed by atoms with van der Waals surface area (Å²) in [6.07, 6.45) is 0. The van der Waals surface area contributed by atoms with Gasteiger partial charge in [0.05, 0.1) is 21.4 Å². The van der Waals surface area contributed by atoms with E-state index in [2.05, 4.69) is 10.0 Å². The molecule has 2 N–H and O–H groups in total. The molecular weight excluding hydrogens is 413 g/mol. The number of amides is 1. The second-order valence-electron chi connectivity index (χ2n) is 4.90. The zero-order valence-electron chi connectivity index (χ0n) is 12.9. The zero-order chi connectivity index (χ0) is 19.4. The van der Waals surface area contributed by atoms with E-state index in [4.69, 9.17) is 11.6 Å². The van der Waals surface area contributed by atoms with Crippen molar-refractivity contribution in [2.75, 3.05) is 15.8 Å². The Morgan fingerprint density at radius 3 is 2.46 bits per heavy atom. The zero-order valence-corrected chi connectivity index (χ0v) is 15.3. The summed E-state index contributed by atoms with van der Waals surface area (Å²) in [5.74, 6) is -1.74. The van der Waals surface area contributed by atoms with Crippen molar-refractivity contribution in [1.29, 1.82) is 0 Å². The highest BCUT2D eigenvalue weighted by Crippen LogP contribution is 2.30. The lowest BCUT2D eigenvalue weighted by Crippen LogP contribution is -2.18. The molecule has 0 saturated carbocycles. The number of sulfonamides is 1. The van der Waals surface area contributed by atoms with Crippen molar-refractivity contribution >= 4 is 50.7 Å². The molecule has 0 aliphatic carbocycles. The van der Waals surface area contributed by atoms with Crippen LogP contribution in [0.2, 0.25) is 5.02 Å². The van der Waals surface area contributed by atoms with Crippen LogP contribution >= 0.6 is 23.4 Å². The van der Waals surface area contributed by atoms with Gasteiger partial charge in [-0.25, -0.2) is 8.42 Å². The number of rotatable bonds is 6. The maximum Gasteiger partial charge on any atom is 0.442 e. The summed E-state index contributed by atoms with van der Waals surface area (Å²) < 4.78 is 63.4. The van der Waals surface area contributed by atoms with Gasteiger partial charge in [-0.1, -0.05) is 29.8 Å². The molecule has 0 aliphatic heterocycles. The quantitative estimate of drug-likeness (QED) is 0.723. The highest BCUT2D eigenvalue weighted by molar-refractivity contribution is 8.00. The summed E-state index contributed by atoms with van der Waals surface area (Å²) in [7, 11) is -4.00. The third-order valence-electron chi connectivity index (χ3n) is 2.91. The lowest BCUT2D eigenvalue weighted by atomic mass is 10.3. The van der Waals surface area contributed by atoms with E-state index in [9.17, 15) is 26.4 Å². The number of nitrogens with one attached hydrogen (secondary N) is 2. The molecule has 0 atom stereocenters. The van der Waals surface area contributed by atoms with Gasteiger partial charge in [0.15, 0.2) is 0 Å². The molecule has 0 heterocycles. The summed E-state index contributed by atoms with van der Waals surface area (Å²) >= 11 is 5.43. The monoisotopic (exact) mass is 424 g/mol. The van der Waals surface area contributed by atoms with E-state index in [1.165, 1.54) is 30.3 Å². The Hall–Kier alpha value is -1.91. The first kappa shape index (κ1) is 20.4. The van der Waals surface area contributed by atoms with Gasteiger partial charge in [-0.05, 0) is 42.1 Å². The molecule has 2 rings (SSSR count). The van der Waals surface area contributed by atoms with E-state index in [-0.39, 0.29) is 21.3 Å². The number of para-hydroxylation sites is 1. The molecule has 2 aromatic rings. The van der Waals surface area contributed by atoms with Crippen molar-refractivity contribution in [3.63, 3.8) is 0 Å². The predicted octanol–water partition coefficient (Wildman–Crippen LogP) is 4.33. The van der Waals surface area contributed by atoms with E-state index >= 15 is 0 Å². The standard InChI is InChI=1S/C15H12ClF3N2O3S2/c16-12-6-1-2-7-13(12)21-26(23,24)11-5-3-4-10(8-11)20-14(22)9-25-15(17,18)19/h1-8,21H,9H2,(H,20,22). The van der Waals surface area contributed by atoms with Crippen molar-refractivity contribution < 1.29 is 26.4 Å². The smallest absolute Gasteiger partial charge is 0.325 e. The van der Waals surface area contributed by atoms with Crippen LogP contribution in [0, 0.1) is 0 Å². The minimum Gasteiger partial charge on any atom is -0.325 e. The molecule has 0 radical (unpaired) electrons. The van der Waals surface area contributed by atoms with Gasteiger partial charge in [0, 0.05) is 5.69 Å². The van der Waals surface area contributed by atoms with Gasteiger partial charge in [0.1, 0.15) is 0 Å². The van der Waals surface area contributed by atoms with Gasteiger partial charge in [0.25, 0.3) is 10.0 Å². The van der Waals surface area contributed by atoms with Gasteiger partial charge in [-0.2, -0.15) is 13.2 Å². The first-order valence-corrected chi connectivity index (χ1v) is 9.79. The number of alkyl halides is 3. The van der Waals surface area contributed by atoms with Crippen LogP contribution in [0.25, 0.3) is 0 Å². The number of carbonyl (C=O) groups excluding carboxylic acids is 1. The van der Waals surface area contributed by atoms with E-state index in [1.54, 1.807) is 12.1 Å². The van der Waals surface area contributed by atoms with Crippen LogP contribution in [0.1, 0.15) is 0 Å². The molecule has 2 aromatic carbocycles. The molecule has 0 saturated heterocycles. The molecular formula is C15H12ClF3N2O3S2. The Bertz CT molecular complexity index is 905. The van der Waals surface area contributed by atoms with Crippen LogP contribution in [0.3, 0.4) is 0 Å². The van der Waals surface area contributed by atoms with Crippen LogP contribution in [0.4, 0.5) is 24.5 Å². The third-order valence-corrected chi connectivity index (χ3v) is 5.34. The second kappa shape index (κ2) is 8.19. The van der Waals surface area contributed by atoms with E-state index in [0.29, 0.717) is 0 Å². The molecule has 0 fully saturated rings. The third kappa shape index (κ3) is 6.11. The number of halogens is 4. The SMILES string of the molecule is O=C(CSC(F)(F)F)Nc1cccc(S(=O)(=O)Nc2ccccc2Cl)c1. The largest absolute Gasteiger partial charge is 0.442 e. The molecule has 5 nitrogen and oxygen atoms in total. The first-order chi connectivity index (χ1) is 12.1. The maximum absolute atomic E-state index is 12.4. The van der Waals surface area contributed by atoms with Crippen LogP contribution < -0.4 is 10.0 Å². The Morgan fingerprint density at radius 1 is 1.12 bits per heavy atom. The summed E-state index contributed by atoms with van der Waals surface area (Å²) in [6.45, 7) is 0. The Kier molecular flexibility index (Phi) is 6.43. The van der Waals surface area contributed by atoms with Gasteiger partial charge in [-0.3, -0.25) is 9.52 Å². The number of anilines is 2. The van der Waals surface area contributed by atoms with Gasteiger partial charge < -0.3 is 5.32 Å². The number of benzene rings is 2. The molecule has 1 amide bonds. The van der Waals surface area contributed by atoms with Gasteiger partial charge >= 0.3 is 5.51 Å². The summed E-state index contributed by atoms with van der Waals surface area (Å²) in [4.78, 5) is 11.4. The van der Waals surface area contributed by atoms with Gasteiger partial charge in [-0.15, -0.1) is 0 Å². The molecule has 26 heavy (non-hydrogen) atoms. The Morgan fingerprint density at radius 2 is 1.81 bits per heavy atom. The fourth-order valence-corrected chi connectivity index (χ4v) is 3.56. The summed E-state index contributed by atoms with van der Waals surface area (Å²) in [5.41, 5.74) is -4.30. The predicted molar refractivity (Wildman–Crippen MR) is 95.8 cm³/mol. The Balaban J connectivity index is 2.12. The van der Waals surface area contributed by atoms with Crippen molar-refractivity contribution in [2.45, 2.75) is 10.4 Å². The molecule has 140 valence electrons. The molecule has 0 aliphatic rings. The molecule has 0 bridgehead atoms. The van der Waals surface area contributed by atoms with Crippen molar-refractivity contribution in [3.8, 4) is 0 Å². The highest BCUT2D eigenvalue weighted by atomic mass is 35.5. The van der Waals surface area contributed by atoms with Crippen LogP contribution in [-0.2, 0) is 14.8 Å². The van der Waals surface area contributed by atoms with Crippen molar-refractivity contribution in [1.82, 2.24) is 0 Å². The van der Waals surface area contributed by atoms with Crippen LogP contribution in [0.5, 0.6) is 0 Å². The minimum atomic E-state index is -4.53. The van der Waals surface area contributed by atoms with E-state index in [1.807, 2.05) is 0 Å². The minimum absolute atomic E-state index is 0.0554. The maximum atomic E-state index is 12.4. The fraction of sp³-hybridized carbons (Fsp3) is 0.133. The average Bonchev–Trinajstić information content (AvgIpc) is 2.55. The van der Waals surface area contributed by atoms with Crippen molar-refractivity contribution in [3.05, 3.63) is 53.6 Å². The van der Waals surface area contributed by atoms with E-state index in [0.717, 1.165) is 6.07 Å². The number of thioether (sulfide) groups is 1. The first-order valence-electron chi connectivity index (χ1n) is 6.95. The summed E-state index contributed by atoms with van der Waals surface area (Å²) in [6, 6.07) is 11.3. The number of carbonyl (C=O) groups is 1. The molecule has 0 unspecified atom stereocenters. The highest BCUT2D eigenvalue weighted by Gasteiger charge is 2.29. The Labute approximate surface area is 157 Å². The fourth-order valence-electron chi connectivity index (χ4n) is 1.83. The van der Waals surface area contributed by atoms with Crippen LogP contribution in [0.15, 0.2) is 53.4 Å². The number of hydrogen-bond donors (Lipinski definition) is 2. The van der Waals surface area contributed by atoms with Crippen LogP contribution in [-0.4, -0.2) is 25.6 Å².